The predicted molar refractivity (Wildman–Crippen MR) is 64.7 cm³/mol. The van der Waals surface area contributed by atoms with E-state index in [1.165, 1.54) is 18.2 Å². The summed E-state index contributed by atoms with van der Waals surface area (Å²) in [6.07, 6.45) is 0.000394. The number of carboxylic acid groups (broad SMARTS) is 1. The fourth-order valence-corrected chi connectivity index (χ4v) is 1.56. The van der Waals surface area contributed by atoms with Crippen molar-refractivity contribution in [2.75, 3.05) is 0 Å². The number of nitrogens with zero attached hydrogens (tertiary/aromatic N) is 1. The summed E-state index contributed by atoms with van der Waals surface area (Å²) < 4.78 is 13.0. The molecule has 0 aliphatic rings. The third kappa shape index (κ3) is 4.07. The number of nitriles is 1. The molecule has 0 aliphatic carbocycles. The van der Waals surface area contributed by atoms with E-state index < -0.39 is 29.7 Å². The molecule has 100 valence electrons. The van der Waals surface area contributed by atoms with Crippen LogP contribution in [0.1, 0.15) is 23.7 Å². The van der Waals surface area contributed by atoms with Gasteiger partial charge in [0.2, 0.25) is 0 Å². The van der Waals surface area contributed by atoms with E-state index in [1.807, 2.05) is 6.07 Å². The van der Waals surface area contributed by atoms with Crippen LogP contribution in [0.4, 0.5) is 4.39 Å². The number of nitrogens with one attached hydrogen (secondary N) is 1. The maximum Gasteiger partial charge on any atom is 0.326 e. The van der Waals surface area contributed by atoms with Crippen molar-refractivity contribution in [1.29, 1.82) is 5.26 Å². The van der Waals surface area contributed by atoms with E-state index in [9.17, 15) is 14.0 Å². The van der Waals surface area contributed by atoms with E-state index in [1.54, 1.807) is 6.92 Å². The van der Waals surface area contributed by atoms with Crippen molar-refractivity contribution in [3.63, 3.8) is 0 Å². The summed E-state index contributed by atoms with van der Waals surface area (Å²) >= 11 is 0. The van der Waals surface area contributed by atoms with Gasteiger partial charge < -0.3 is 10.4 Å². The molecule has 0 aromatic heterocycles. The first kappa shape index (κ1) is 14.6. The lowest BCUT2D eigenvalue weighted by molar-refractivity contribution is -0.140. The van der Waals surface area contributed by atoms with E-state index >= 15 is 0 Å². The Bertz CT molecular complexity index is 525. The van der Waals surface area contributed by atoms with E-state index in [-0.39, 0.29) is 12.0 Å². The Labute approximate surface area is 109 Å². The molecule has 0 spiro atoms. The summed E-state index contributed by atoms with van der Waals surface area (Å²) in [5, 5.41) is 19.9. The monoisotopic (exact) mass is 264 g/mol. The number of carbonyl (C=O) groups excluding carboxylic acids is 1. The van der Waals surface area contributed by atoms with E-state index in [2.05, 4.69) is 5.32 Å². The maximum absolute atomic E-state index is 13.0. The first-order valence-corrected chi connectivity index (χ1v) is 5.62. The molecule has 0 aliphatic heterocycles. The van der Waals surface area contributed by atoms with Crippen LogP contribution in [0.3, 0.4) is 0 Å². The second-order valence-electron chi connectivity index (χ2n) is 4.14. The number of hydrogen-bond acceptors (Lipinski definition) is 3. The lowest BCUT2D eigenvalue weighted by Gasteiger charge is -2.19. The molecule has 19 heavy (non-hydrogen) atoms. The smallest absolute Gasteiger partial charge is 0.326 e. The van der Waals surface area contributed by atoms with Gasteiger partial charge in [0.25, 0.3) is 5.91 Å². The molecule has 1 amide bonds. The van der Waals surface area contributed by atoms with Gasteiger partial charge in [-0.05, 0) is 18.2 Å². The van der Waals surface area contributed by atoms with Crippen LogP contribution in [0.2, 0.25) is 0 Å². The minimum atomic E-state index is -1.23. The summed E-state index contributed by atoms with van der Waals surface area (Å²) in [5.74, 6) is -3.03. The molecule has 0 saturated heterocycles. The number of aliphatic carboxylic acids is 1. The van der Waals surface area contributed by atoms with Crippen LogP contribution in [0.5, 0.6) is 0 Å². The van der Waals surface area contributed by atoms with E-state index in [0.717, 1.165) is 6.07 Å². The zero-order chi connectivity index (χ0) is 14.4. The van der Waals surface area contributed by atoms with Crippen molar-refractivity contribution in [1.82, 2.24) is 5.32 Å². The molecule has 1 rings (SSSR count). The maximum atomic E-state index is 13.0. The van der Waals surface area contributed by atoms with Gasteiger partial charge in [0.1, 0.15) is 11.9 Å². The molecule has 0 bridgehead atoms. The molecule has 2 N–H and O–H groups in total. The largest absolute Gasteiger partial charge is 0.480 e. The second kappa shape index (κ2) is 6.50. The molecule has 5 nitrogen and oxygen atoms in total. The Balaban J connectivity index is 2.83. The van der Waals surface area contributed by atoms with Gasteiger partial charge in [-0.25, -0.2) is 9.18 Å². The Hall–Kier alpha value is -2.42. The zero-order valence-corrected chi connectivity index (χ0v) is 10.3. The second-order valence-corrected chi connectivity index (χ2v) is 4.14. The Morgan fingerprint density at radius 2 is 2.21 bits per heavy atom. The molecular formula is C13H13FN2O3. The van der Waals surface area contributed by atoms with Crippen molar-refractivity contribution < 1.29 is 19.1 Å². The van der Waals surface area contributed by atoms with E-state index in [0.29, 0.717) is 0 Å². The number of rotatable bonds is 5. The van der Waals surface area contributed by atoms with Crippen LogP contribution in [-0.2, 0) is 4.79 Å². The fraction of sp³-hybridized carbons (Fsp3) is 0.308. The standard InChI is InChI=1S/C13H13FN2O3/c1-8(5-6-15)11(13(18)19)16-12(17)9-3-2-4-10(14)7-9/h2-4,7-8,11H,5H2,1H3,(H,16,17)(H,18,19)/t8-,11-/m1/s1. The average molecular weight is 264 g/mol. The van der Waals surface area contributed by atoms with Crippen LogP contribution in [0.15, 0.2) is 24.3 Å². The highest BCUT2D eigenvalue weighted by Gasteiger charge is 2.26. The lowest BCUT2D eigenvalue weighted by atomic mass is 9.98. The normalized spacial score (nSPS) is 13.1. The average Bonchev–Trinajstić information content (AvgIpc) is 2.35. The minimum Gasteiger partial charge on any atom is -0.480 e. The highest BCUT2D eigenvalue weighted by molar-refractivity contribution is 5.96. The van der Waals surface area contributed by atoms with Gasteiger partial charge in [0, 0.05) is 17.9 Å². The quantitative estimate of drug-likeness (QED) is 0.844. The highest BCUT2D eigenvalue weighted by Crippen LogP contribution is 2.10. The molecule has 6 heteroatoms. The van der Waals surface area contributed by atoms with Crippen molar-refractivity contribution in [2.24, 2.45) is 5.92 Å². The summed E-state index contributed by atoms with van der Waals surface area (Å²) in [5.41, 5.74) is 0.0374. The summed E-state index contributed by atoms with van der Waals surface area (Å²) in [6, 6.07) is 5.61. The molecule has 0 fully saturated rings. The first-order valence-electron chi connectivity index (χ1n) is 5.62. The molecule has 2 atom stereocenters. The van der Waals surface area contributed by atoms with Crippen LogP contribution in [0.25, 0.3) is 0 Å². The Kier molecular flexibility index (Phi) is 5.01. The fourth-order valence-electron chi connectivity index (χ4n) is 1.56. The summed E-state index contributed by atoms with van der Waals surface area (Å²) in [7, 11) is 0. The van der Waals surface area contributed by atoms with Crippen molar-refractivity contribution in [3.05, 3.63) is 35.6 Å². The van der Waals surface area contributed by atoms with Crippen LogP contribution < -0.4 is 5.32 Å². The summed E-state index contributed by atoms with van der Waals surface area (Å²) in [6.45, 7) is 1.55. The van der Waals surface area contributed by atoms with E-state index in [4.69, 9.17) is 10.4 Å². The van der Waals surface area contributed by atoms with Gasteiger partial charge in [-0.15, -0.1) is 0 Å². The van der Waals surface area contributed by atoms with Crippen LogP contribution in [0, 0.1) is 23.1 Å². The topological polar surface area (TPSA) is 90.2 Å². The third-order valence-electron chi connectivity index (χ3n) is 2.62. The molecule has 0 heterocycles. The lowest BCUT2D eigenvalue weighted by Crippen LogP contribution is -2.45. The number of amides is 1. The van der Waals surface area contributed by atoms with Gasteiger partial charge in [-0.1, -0.05) is 13.0 Å². The first-order chi connectivity index (χ1) is 8.95. The van der Waals surface area contributed by atoms with Crippen molar-refractivity contribution in [2.45, 2.75) is 19.4 Å². The molecule has 1 aromatic rings. The van der Waals surface area contributed by atoms with Gasteiger partial charge in [0.15, 0.2) is 0 Å². The van der Waals surface area contributed by atoms with Gasteiger partial charge in [-0.2, -0.15) is 5.26 Å². The molecule has 1 aromatic carbocycles. The third-order valence-corrected chi connectivity index (χ3v) is 2.62. The number of hydrogen-bond donors (Lipinski definition) is 2. The van der Waals surface area contributed by atoms with Crippen LogP contribution >= 0.6 is 0 Å². The Morgan fingerprint density at radius 3 is 2.74 bits per heavy atom. The molecule has 0 saturated carbocycles. The number of carbonyl (C=O) groups is 2. The van der Waals surface area contributed by atoms with Crippen molar-refractivity contribution in [3.8, 4) is 6.07 Å². The minimum absolute atomic E-state index is 0.000394. The number of benzene rings is 1. The Morgan fingerprint density at radius 1 is 1.53 bits per heavy atom. The molecule has 0 unspecified atom stereocenters. The van der Waals surface area contributed by atoms with Crippen LogP contribution in [-0.4, -0.2) is 23.0 Å². The predicted octanol–water partition coefficient (Wildman–Crippen LogP) is 1.56. The zero-order valence-electron chi connectivity index (χ0n) is 10.3. The van der Waals surface area contributed by atoms with Gasteiger partial charge in [0.05, 0.1) is 6.07 Å². The molecule has 0 radical (unpaired) electrons. The molecular weight excluding hydrogens is 251 g/mol. The summed E-state index contributed by atoms with van der Waals surface area (Å²) in [4.78, 5) is 22.8. The number of carboxylic acids is 1. The van der Waals surface area contributed by atoms with Gasteiger partial charge in [-0.3, -0.25) is 4.79 Å². The number of halogens is 1. The highest BCUT2D eigenvalue weighted by atomic mass is 19.1. The SMILES string of the molecule is C[C@H](CC#N)[C@@H](NC(=O)c1cccc(F)c1)C(=O)O. The van der Waals surface area contributed by atoms with Crippen molar-refractivity contribution >= 4 is 11.9 Å². The van der Waals surface area contributed by atoms with Gasteiger partial charge >= 0.3 is 5.97 Å².